The number of hydrogen-bond donors (Lipinski definition) is 0. The summed E-state index contributed by atoms with van der Waals surface area (Å²) in [5, 5.41) is 0.423. The Morgan fingerprint density at radius 3 is 2.55 bits per heavy atom. The van der Waals surface area contributed by atoms with Crippen molar-refractivity contribution in [2.45, 2.75) is 31.6 Å². The molecule has 2 aromatic carbocycles. The van der Waals surface area contributed by atoms with E-state index in [-0.39, 0.29) is 11.4 Å². The number of amides is 1. The van der Waals surface area contributed by atoms with Gasteiger partial charge in [0.1, 0.15) is 11.3 Å². The van der Waals surface area contributed by atoms with Crippen molar-refractivity contribution in [3.63, 3.8) is 0 Å². The van der Waals surface area contributed by atoms with Crippen LogP contribution in [0.25, 0.3) is 10.2 Å². The fourth-order valence-electron chi connectivity index (χ4n) is 3.23. The van der Waals surface area contributed by atoms with Crippen LogP contribution in [0.1, 0.15) is 26.7 Å². The molecule has 0 aliphatic heterocycles. The van der Waals surface area contributed by atoms with Crippen LogP contribution >= 0.6 is 23.1 Å². The van der Waals surface area contributed by atoms with Crippen molar-refractivity contribution < 1.29 is 13.6 Å². The standard InChI is InChI=1S/C23H27F2N3OS2/c1-3-27(4-2)12-13-28(21(29)11-8-14-30-18-9-6-5-7-10-18)23-26-22-19(25)15-17(24)16-20(22)31-23/h5-7,9-10,15-16H,3-4,8,11-14H2,1-2H3. The molecular formula is C23H27F2N3OS2. The Morgan fingerprint density at radius 2 is 1.84 bits per heavy atom. The van der Waals surface area contributed by atoms with Gasteiger partial charge in [0.25, 0.3) is 0 Å². The Labute approximate surface area is 190 Å². The Kier molecular flexibility index (Phi) is 8.80. The van der Waals surface area contributed by atoms with E-state index in [0.29, 0.717) is 29.3 Å². The van der Waals surface area contributed by atoms with Gasteiger partial charge in [-0.25, -0.2) is 13.8 Å². The lowest BCUT2D eigenvalue weighted by molar-refractivity contribution is -0.118. The first-order valence-electron chi connectivity index (χ1n) is 10.5. The molecule has 1 amide bonds. The van der Waals surface area contributed by atoms with Crippen molar-refractivity contribution in [2.24, 2.45) is 0 Å². The maximum absolute atomic E-state index is 14.1. The van der Waals surface area contributed by atoms with Crippen molar-refractivity contribution in [1.82, 2.24) is 9.88 Å². The van der Waals surface area contributed by atoms with Crippen molar-refractivity contribution in [3.8, 4) is 0 Å². The summed E-state index contributed by atoms with van der Waals surface area (Å²) >= 11 is 2.87. The third-order valence-corrected chi connectivity index (χ3v) is 7.14. The SMILES string of the molecule is CCN(CC)CCN(C(=O)CCCSc1ccccc1)c1nc2c(F)cc(F)cc2s1. The predicted molar refractivity (Wildman–Crippen MR) is 126 cm³/mol. The summed E-state index contributed by atoms with van der Waals surface area (Å²) in [7, 11) is 0. The minimum atomic E-state index is -0.701. The largest absolute Gasteiger partial charge is 0.302 e. The van der Waals surface area contributed by atoms with Crippen LogP contribution in [0.3, 0.4) is 0 Å². The van der Waals surface area contributed by atoms with Gasteiger partial charge in [-0.05, 0) is 43.5 Å². The van der Waals surface area contributed by atoms with Gasteiger partial charge in [0, 0.05) is 30.5 Å². The molecular weight excluding hydrogens is 436 g/mol. The minimum absolute atomic E-state index is 0.0410. The fraction of sp³-hybridized carbons (Fsp3) is 0.391. The molecule has 1 heterocycles. The zero-order valence-electron chi connectivity index (χ0n) is 17.8. The van der Waals surface area contributed by atoms with Gasteiger partial charge in [-0.1, -0.05) is 43.4 Å². The first kappa shape index (κ1) is 23.6. The molecule has 3 aromatic rings. The van der Waals surface area contributed by atoms with Crippen LogP contribution in [-0.2, 0) is 4.79 Å². The molecule has 0 atom stereocenters. The third-order valence-electron chi connectivity index (χ3n) is 5.02. The monoisotopic (exact) mass is 463 g/mol. The lowest BCUT2D eigenvalue weighted by atomic mass is 10.3. The molecule has 0 aliphatic rings. The molecule has 0 aliphatic carbocycles. The average Bonchev–Trinajstić information content (AvgIpc) is 3.19. The van der Waals surface area contributed by atoms with Crippen LogP contribution in [0.4, 0.5) is 13.9 Å². The molecule has 0 saturated heterocycles. The molecule has 0 N–H and O–H groups in total. The molecule has 4 nitrogen and oxygen atoms in total. The van der Waals surface area contributed by atoms with Gasteiger partial charge in [0.2, 0.25) is 5.91 Å². The fourth-order valence-corrected chi connectivity index (χ4v) is 5.16. The van der Waals surface area contributed by atoms with Gasteiger partial charge in [-0.2, -0.15) is 0 Å². The zero-order chi connectivity index (χ0) is 22.2. The summed E-state index contributed by atoms with van der Waals surface area (Å²) in [6.07, 6.45) is 1.11. The molecule has 0 bridgehead atoms. The summed E-state index contributed by atoms with van der Waals surface area (Å²) in [4.78, 5) is 22.4. The summed E-state index contributed by atoms with van der Waals surface area (Å²) in [6, 6.07) is 12.2. The van der Waals surface area contributed by atoms with E-state index in [1.165, 1.54) is 11.0 Å². The Morgan fingerprint density at radius 1 is 1.10 bits per heavy atom. The Hall–Kier alpha value is -2.03. The highest BCUT2D eigenvalue weighted by molar-refractivity contribution is 7.99. The molecule has 0 spiro atoms. The van der Waals surface area contributed by atoms with Gasteiger partial charge < -0.3 is 4.90 Å². The van der Waals surface area contributed by atoms with Gasteiger partial charge >= 0.3 is 0 Å². The number of thioether (sulfide) groups is 1. The average molecular weight is 464 g/mol. The molecule has 0 unspecified atom stereocenters. The van der Waals surface area contributed by atoms with Crippen molar-refractivity contribution in [2.75, 3.05) is 36.8 Å². The molecule has 0 fully saturated rings. The smallest absolute Gasteiger partial charge is 0.228 e. The predicted octanol–water partition coefficient (Wildman–Crippen LogP) is 5.82. The van der Waals surface area contributed by atoms with E-state index in [9.17, 15) is 13.6 Å². The number of carbonyl (C=O) groups is 1. The van der Waals surface area contributed by atoms with E-state index < -0.39 is 11.6 Å². The number of likely N-dealkylation sites (N-methyl/N-ethyl adjacent to an activating group) is 1. The number of rotatable bonds is 11. The van der Waals surface area contributed by atoms with Crippen LogP contribution in [0, 0.1) is 11.6 Å². The number of anilines is 1. The first-order valence-corrected chi connectivity index (χ1v) is 12.3. The Bertz CT molecular complexity index is 993. The maximum Gasteiger partial charge on any atom is 0.228 e. The number of nitrogens with zero attached hydrogens (tertiary/aromatic N) is 3. The van der Waals surface area contributed by atoms with Crippen molar-refractivity contribution in [3.05, 3.63) is 54.1 Å². The van der Waals surface area contributed by atoms with Crippen molar-refractivity contribution >= 4 is 44.4 Å². The molecule has 0 saturated carbocycles. The third kappa shape index (κ3) is 6.48. The van der Waals surface area contributed by atoms with Gasteiger partial charge in [-0.3, -0.25) is 9.69 Å². The van der Waals surface area contributed by atoms with Crippen LogP contribution in [0.5, 0.6) is 0 Å². The molecule has 8 heteroatoms. The van der Waals surface area contributed by atoms with E-state index in [1.807, 2.05) is 18.2 Å². The topological polar surface area (TPSA) is 36.4 Å². The number of fused-ring (bicyclic) bond motifs is 1. The van der Waals surface area contributed by atoms with Gasteiger partial charge in [-0.15, -0.1) is 11.8 Å². The molecule has 166 valence electrons. The summed E-state index contributed by atoms with van der Waals surface area (Å²) in [5.74, 6) is -0.549. The molecule has 1 aromatic heterocycles. The second-order valence-electron chi connectivity index (χ2n) is 7.07. The van der Waals surface area contributed by atoms with Crippen LogP contribution < -0.4 is 4.90 Å². The first-order chi connectivity index (χ1) is 15.0. The minimum Gasteiger partial charge on any atom is -0.302 e. The van der Waals surface area contributed by atoms with E-state index in [1.54, 1.807) is 16.7 Å². The molecule has 31 heavy (non-hydrogen) atoms. The number of halogens is 2. The highest BCUT2D eigenvalue weighted by atomic mass is 32.2. The maximum atomic E-state index is 14.1. The molecule has 3 rings (SSSR count). The summed E-state index contributed by atoms with van der Waals surface area (Å²) in [5.41, 5.74) is 0.113. The second kappa shape index (κ2) is 11.5. The van der Waals surface area contributed by atoms with E-state index in [2.05, 4.69) is 35.9 Å². The zero-order valence-corrected chi connectivity index (χ0v) is 19.4. The highest BCUT2D eigenvalue weighted by Gasteiger charge is 2.21. The lowest BCUT2D eigenvalue weighted by Crippen LogP contribution is -2.38. The lowest BCUT2D eigenvalue weighted by Gasteiger charge is -2.24. The van der Waals surface area contributed by atoms with Crippen LogP contribution in [0.2, 0.25) is 0 Å². The normalized spacial score (nSPS) is 11.4. The van der Waals surface area contributed by atoms with E-state index in [4.69, 9.17) is 0 Å². The number of carbonyl (C=O) groups excluding carboxylic acids is 1. The van der Waals surface area contributed by atoms with Crippen LogP contribution in [0.15, 0.2) is 47.4 Å². The van der Waals surface area contributed by atoms with Gasteiger partial charge in [0.05, 0.1) is 4.70 Å². The van der Waals surface area contributed by atoms with Crippen molar-refractivity contribution in [1.29, 1.82) is 0 Å². The second-order valence-corrected chi connectivity index (χ2v) is 9.25. The Balaban J connectivity index is 1.71. The van der Waals surface area contributed by atoms with E-state index >= 15 is 0 Å². The highest BCUT2D eigenvalue weighted by Crippen LogP contribution is 2.31. The summed E-state index contributed by atoms with van der Waals surface area (Å²) < 4.78 is 28.2. The number of aromatic nitrogens is 1. The number of thiazole rings is 1. The molecule has 0 radical (unpaired) electrons. The van der Waals surface area contributed by atoms with Crippen LogP contribution in [-0.4, -0.2) is 47.7 Å². The van der Waals surface area contributed by atoms with E-state index in [0.717, 1.165) is 42.7 Å². The van der Waals surface area contributed by atoms with Gasteiger partial charge in [0.15, 0.2) is 10.9 Å². The quantitative estimate of drug-likeness (QED) is 0.265. The number of benzene rings is 2. The summed E-state index contributed by atoms with van der Waals surface area (Å²) in [6.45, 7) is 7.08. The number of hydrogen-bond acceptors (Lipinski definition) is 5.